The summed E-state index contributed by atoms with van der Waals surface area (Å²) in [4.78, 5) is 0. The van der Waals surface area contributed by atoms with Crippen molar-refractivity contribution in [1.29, 1.82) is 0 Å². The fourth-order valence-electron chi connectivity index (χ4n) is 1.91. The smallest absolute Gasteiger partial charge is 0.130 e. The number of aliphatic hydroxyl groups is 1. The van der Waals surface area contributed by atoms with E-state index < -0.39 is 6.10 Å². The first-order valence-electron chi connectivity index (χ1n) is 6.44. The molecule has 2 rings (SSSR count). The van der Waals surface area contributed by atoms with E-state index in [9.17, 15) is 9.50 Å². The monoisotopic (exact) mass is 354 g/mol. The number of ether oxygens (including phenoxy) is 2. The minimum Gasteiger partial charge on any atom is -0.497 e. The number of methoxy groups -OCH3 is 1. The van der Waals surface area contributed by atoms with E-state index in [0.29, 0.717) is 27.1 Å². The van der Waals surface area contributed by atoms with Crippen molar-refractivity contribution in [2.45, 2.75) is 19.6 Å². The van der Waals surface area contributed by atoms with Gasteiger partial charge in [0.1, 0.15) is 23.9 Å². The number of aliphatic hydroxyl groups excluding tert-OH is 1. The molecule has 21 heavy (non-hydrogen) atoms. The molecule has 0 bridgehead atoms. The SMILES string of the molecule is COc1ccc([C@@H](C)O)c(OCc2ccc(Br)cc2F)c1. The number of hydrogen-bond acceptors (Lipinski definition) is 3. The quantitative estimate of drug-likeness (QED) is 0.873. The van der Waals surface area contributed by atoms with E-state index >= 15 is 0 Å². The Morgan fingerprint density at radius 1 is 1.24 bits per heavy atom. The van der Waals surface area contributed by atoms with Gasteiger partial charge in [-0.05, 0) is 31.2 Å². The van der Waals surface area contributed by atoms with Gasteiger partial charge in [-0.2, -0.15) is 0 Å². The lowest BCUT2D eigenvalue weighted by Crippen LogP contribution is -2.03. The topological polar surface area (TPSA) is 38.7 Å². The summed E-state index contributed by atoms with van der Waals surface area (Å²) in [6.07, 6.45) is -0.680. The first kappa shape index (κ1) is 15.8. The average molecular weight is 355 g/mol. The Bertz CT molecular complexity index is 629. The number of hydrogen-bond donors (Lipinski definition) is 1. The number of rotatable bonds is 5. The maximum Gasteiger partial charge on any atom is 0.130 e. The van der Waals surface area contributed by atoms with Crippen LogP contribution in [0, 0.1) is 5.82 Å². The molecular formula is C16H16BrFO3. The maximum atomic E-state index is 13.8. The van der Waals surface area contributed by atoms with Crippen LogP contribution in [0.25, 0.3) is 0 Å². The van der Waals surface area contributed by atoms with Gasteiger partial charge in [-0.3, -0.25) is 0 Å². The molecule has 2 aromatic carbocycles. The van der Waals surface area contributed by atoms with Crippen molar-refractivity contribution in [2.24, 2.45) is 0 Å². The third kappa shape index (κ3) is 3.95. The molecule has 1 N–H and O–H groups in total. The van der Waals surface area contributed by atoms with Crippen LogP contribution in [-0.2, 0) is 6.61 Å². The largest absolute Gasteiger partial charge is 0.497 e. The van der Waals surface area contributed by atoms with Crippen molar-refractivity contribution in [1.82, 2.24) is 0 Å². The van der Waals surface area contributed by atoms with Gasteiger partial charge in [0.2, 0.25) is 0 Å². The summed E-state index contributed by atoms with van der Waals surface area (Å²) in [7, 11) is 1.55. The molecule has 2 aromatic rings. The van der Waals surface area contributed by atoms with E-state index in [4.69, 9.17) is 9.47 Å². The molecule has 0 aliphatic heterocycles. The van der Waals surface area contributed by atoms with Gasteiger partial charge in [0, 0.05) is 21.7 Å². The third-order valence-corrected chi connectivity index (χ3v) is 3.56. The van der Waals surface area contributed by atoms with Crippen molar-refractivity contribution >= 4 is 15.9 Å². The van der Waals surface area contributed by atoms with Gasteiger partial charge in [-0.1, -0.05) is 22.0 Å². The van der Waals surface area contributed by atoms with E-state index in [1.807, 2.05) is 0 Å². The van der Waals surface area contributed by atoms with E-state index in [1.54, 1.807) is 44.4 Å². The second-order valence-electron chi connectivity index (χ2n) is 4.60. The molecule has 0 radical (unpaired) electrons. The summed E-state index contributed by atoms with van der Waals surface area (Å²) in [5, 5.41) is 9.76. The second-order valence-corrected chi connectivity index (χ2v) is 5.52. The molecular weight excluding hydrogens is 339 g/mol. The Balaban J connectivity index is 2.22. The lowest BCUT2D eigenvalue weighted by Gasteiger charge is -2.15. The molecule has 0 spiro atoms. The van der Waals surface area contributed by atoms with Gasteiger partial charge in [0.15, 0.2) is 0 Å². The summed E-state index contributed by atoms with van der Waals surface area (Å²) in [5.74, 6) is 0.753. The molecule has 0 unspecified atom stereocenters. The van der Waals surface area contributed by atoms with Gasteiger partial charge >= 0.3 is 0 Å². The Morgan fingerprint density at radius 3 is 2.62 bits per heavy atom. The van der Waals surface area contributed by atoms with Gasteiger partial charge in [-0.15, -0.1) is 0 Å². The van der Waals surface area contributed by atoms with Crippen molar-refractivity contribution < 1.29 is 19.0 Å². The van der Waals surface area contributed by atoms with E-state index in [-0.39, 0.29) is 12.4 Å². The van der Waals surface area contributed by atoms with Crippen molar-refractivity contribution in [3.63, 3.8) is 0 Å². The summed E-state index contributed by atoms with van der Waals surface area (Å²) >= 11 is 3.21. The number of halogens is 2. The highest BCUT2D eigenvalue weighted by atomic mass is 79.9. The highest BCUT2D eigenvalue weighted by Crippen LogP contribution is 2.30. The highest BCUT2D eigenvalue weighted by molar-refractivity contribution is 9.10. The molecule has 1 atom stereocenters. The van der Waals surface area contributed by atoms with Gasteiger partial charge in [0.25, 0.3) is 0 Å². The predicted molar refractivity (Wildman–Crippen MR) is 82.1 cm³/mol. The fourth-order valence-corrected chi connectivity index (χ4v) is 2.24. The van der Waals surface area contributed by atoms with E-state index in [1.165, 1.54) is 6.07 Å². The molecule has 0 fully saturated rings. The first-order chi connectivity index (χ1) is 10.0. The van der Waals surface area contributed by atoms with Crippen LogP contribution < -0.4 is 9.47 Å². The summed E-state index contributed by atoms with van der Waals surface area (Å²) in [6.45, 7) is 1.72. The molecule has 112 valence electrons. The molecule has 0 aromatic heterocycles. The van der Waals surface area contributed by atoms with Crippen LogP contribution in [0.4, 0.5) is 4.39 Å². The third-order valence-electron chi connectivity index (χ3n) is 3.07. The summed E-state index contributed by atoms with van der Waals surface area (Å²) < 4.78 is 25.2. The van der Waals surface area contributed by atoms with Crippen LogP contribution in [0.1, 0.15) is 24.2 Å². The van der Waals surface area contributed by atoms with Crippen molar-refractivity contribution in [3.05, 3.63) is 57.8 Å². The van der Waals surface area contributed by atoms with Crippen LogP contribution in [-0.4, -0.2) is 12.2 Å². The lowest BCUT2D eigenvalue weighted by atomic mass is 10.1. The van der Waals surface area contributed by atoms with Crippen LogP contribution in [0.5, 0.6) is 11.5 Å². The van der Waals surface area contributed by atoms with Gasteiger partial charge < -0.3 is 14.6 Å². The maximum absolute atomic E-state index is 13.8. The van der Waals surface area contributed by atoms with Crippen LogP contribution in [0.15, 0.2) is 40.9 Å². The van der Waals surface area contributed by atoms with Gasteiger partial charge in [-0.25, -0.2) is 4.39 Å². The lowest BCUT2D eigenvalue weighted by molar-refractivity contribution is 0.189. The zero-order valence-corrected chi connectivity index (χ0v) is 13.4. The Hall–Kier alpha value is -1.59. The minimum atomic E-state index is -0.680. The van der Waals surface area contributed by atoms with Gasteiger partial charge in [0.05, 0.1) is 13.2 Å². The fraction of sp³-hybridized carbons (Fsp3) is 0.250. The zero-order chi connectivity index (χ0) is 15.4. The van der Waals surface area contributed by atoms with Crippen LogP contribution in [0.2, 0.25) is 0 Å². The molecule has 0 aliphatic carbocycles. The summed E-state index contributed by atoms with van der Waals surface area (Å²) in [6, 6.07) is 9.95. The Kier molecular flexibility index (Phi) is 5.20. The van der Waals surface area contributed by atoms with Crippen molar-refractivity contribution in [2.75, 3.05) is 7.11 Å². The van der Waals surface area contributed by atoms with Crippen molar-refractivity contribution in [3.8, 4) is 11.5 Å². The van der Waals surface area contributed by atoms with Crippen LogP contribution >= 0.6 is 15.9 Å². The standard InChI is InChI=1S/C16H16BrFO3/c1-10(19)14-6-5-13(20-2)8-16(14)21-9-11-3-4-12(17)7-15(11)18/h3-8,10,19H,9H2,1-2H3/t10-/m1/s1. The Labute approximate surface area is 131 Å². The van der Waals surface area contributed by atoms with E-state index in [0.717, 1.165) is 0 Å². The molecule has 0 saturated carbocycles. The van der Waals surface area contributed by atoms with Crippen LogP contribution in [0.3, 0.4) is 0 Å². The second kappa shape index (κ2) is 6.91. The highest BCUT2D eigenvalue weighted by Gasteiger charge is 2.12. The predicted octanol–water partition coefficient (Wildman–Crippen LogP) is 4.23. The molecule has 3 nitrogen and oxygen atoms in total. The average Bonchev–Trinajstić information content (AvgIpc) is 2.45. The molecule has 0 saturated heterocycles. The minimum absolute atomic E-state index is 0.0754. The number of benzene rings is 2. The van der Waals surface area contributed by atoms with E-state index in [2.05, 4.69) is 15.9 Å². The normalized spacial score (nSPS) is 12.0. The molecule has 0 aliphatic rings. The molecule has 5 heteroatoms. The molecule has 0 amide bonds. The molecule has 0 heterocycles. The zero-order valence-electron chi connectivity index (χ0n) is 11.8. The summed E-state index contributed by atoms with van der Waals surface area (Å²) in [5.41, 5.74) is 1.07. The Morgan fingerprint density at radius 2 is 2.00 bits per heavy atom. The first-order valence-corrected chi connectivity index (χ1v) is 7.23.